The Labute approximate surface area is 186 Å². The van der Waals surface area contributed by atoms with E-state index in [1.807, 2.05) is 13.8 Å². The van der Waals surface area contributed by atoms with Gasteiger partial charge in [-0.25, -0.2) is 4.79 Å². The molecule has 0 radical (unpaired) electrons. The molecule has 2 N–H and O–H groups in total. The van der Waals surface area contributed by atoms with Gasteiger partial charge in [0.05, 0.1) is 0 Å². The number of Topliss-reactive ketones (excluding diaryl/α,β-unsaturated/α-hetero) is 1. The average molecular weight is 445 g/mol. The lowest BCUT2D eigenvalue weighted by Crippen LogP contribution is -2.46. The number of benzene rings is 2. The number of rotatable bonds is 9. The summed E-state index contributed by atoms with van der Waals surface area (Å²) >= 11 is 5.84. The minimum Gasteiger partial charge on any atom is -0.454 e. The summed E-state index contributed by atoms with van der Waals surface area (Å²) in [7, 11) is 0. The van der Waals surface area contributed by atoms with E-state index in [0.29, 0.717) is 28.3 Å². The third kappa shape index (κ3) is 7.22. The quantitative estimate of drug-likeness (QED) is 0.451. The molecular formula is C23H25ClN2O5. The summed E-state index contributed by atoms with van der Waals surface area (Å²) in [5, 5.41) is 5.76. The molecule has 0 heterocycles. The van der Waals surface area contributed by atoms with Gasteiger partial charge in [0.15, 0.2) is 12.4 Å². The number of carbonyl (C=O) groups excluding carboxylic acids is 4. The highest BCUT2D eigenvalue weighted by Gasteiger charge is 2.28. The van der Waals surface area contributed by atoms with Crippen molar-refractivity contribution in [2.24, 2.45) is 5.92 Å². The number of hydrogen-bond donors (Lipinski definition) is 2. The lowest BCUT2D eigenvalue weighted by molar-refractivity contribution is -0.150. The molecule has 0 aliphatic heterocycles. The predicted molar refractivity (Wildman–Crippen MR) is 118 cm³/mol. The molecule has 164 valence electrons. The molecule has 8 heteroatoms. The molecule has 31 heavy (non-hydrogen) atoms. The van der Waals surface area contributed by atoms with Crippen molar-refractivity contribution in [3.63, 3.8) is 0 Å². The van der Waals surface area contributed by atoms with E-state index in [1.54, 1.807) is 48.5 Å². The second-order valence-electron chi connectivity index (χ2n) is 7.13. The van der Waals surface area contributed by atoms with Crippen LogP contribution < -0.4 is 10.6 Å². The number of ketones is 1. The number of hydrogen-bond acceptors (Lipinski definition) is 5. The molecule has 0 bridgehead atoms. The first-order chi connectivity index (χ1) is 14.7. The summed E-state index contributed by atoms with van der Waals surface area (Å²) in [5.41, 5.74) is 1.36. The smallest absolute Gasteiger partial charge is 0.329 e. The highest BCUT2D eigenvalue weighted by molar-refractivity contribution is 6.30. The van der Waals surface area contributed by atoms with Gasteiger partial charge in [-0.1, -0.05) is 31.9 Å². The second-order valence-corrected chi connectivity index (χ2v) is 7.57. The van der Waals surface area contributed by atoms with Gasteiger partial charge in [0.2, 0.25) is 0 Å². The van der Waals surface area contributed by atoms with Gasteiger partial charge in [0, 0.05) is 21.8 Å². The summed E-state index contributed by atoms with van der Waals surface area (Å²) in [6.07, 6.45) is 0.620. The second kappa shape index (κ2) is 11.3. The molecule has 2 aromatic carbocycles. The summed E-state index contributed by atoms with van der Waals surface area (Å²) < 4.78 is 5.14. The number of esters is 1. The molecule has 7 nitrogen and oxygen atoms in total. The first kappa shape index (κ1) is 24.1. The van der Waals surface area contributed by atoms with Crippen molar-refractivity contribution in [1.82, 2.24) is 5.32 Å². The van der Waals surface area contributed by atoms with Gasteiger partial charge in [-0.15, -0.1) is 0 Å². The van der Waals surface area contributed by atoms with Crippen LogP contribution in [0.15, 0.2) is 48.5 Å². The Balaban J connectivity index is 1.95. The molecule has 0 aliphatic carbocycles. The van der Waals surface area contributed by atoms with Crippen LogP contribution in [0.1, 0.15) is 47.9 Å². The van der Waals surface area contributed by atoms with Gasteiger partial charge in [-0.2, -0.15) is 0 Å². The highest BCUT2D eigenvalue weighted by Crippen LogP contribution is 2.14. The monoisotopic (exact) mass is 444 g/mol. The zero-order chi connectivity index (χ0) is 23.0. The van der Waals surface area contributed by atoms with Crippen molar-refractivity contribution in [2.45, 2.75) is 33.2 Å². The van der Waals surface area contributed by atoms with Gasteiger partial charge < -0.3 is 15.4 Å². The van der Waals surface area contributed by atoms with E-state index in [9.17, 15) is 19.2 Å². The van der Waals surface area contributed by atoms with E-state index in [4.69, 9.17) is 16.3 Å². The normalized spacial score (nSPS) is 12.4. The van der Waals surface area contributed by atoms with Crippen molar-refractivity contribution in [3.8, 4) is 0 Å². The van der Waals surface area contributed by atoms with E-state index in [-0.39, 0.29) is 11.7 Å². The molecule has 0 aliphatic rings. The highest BCUT2D eigenvalue weighted by atomic mass is 35.5. The van der Waals surface area contributed by atoms with Crippen LogP contribution in [0, 0.1) is 5.92 Å². The fourth-order valence-corrected chi connectivity index (χ4v) is 2.83. The summed E-state index contributed by atoms with van der Waals surface area (Å²) in [6, 6.07) is 11.7. The van der Waals surface area contributed by atoms with Crippen LogP contribution >= 0.6 is 11.6 Å². The number of ether oxygens (including phenoxy) is 1. The molecule has 2 unspecified atom stereocenters. The Morgan fingerprint density at radius 3 is 2.10 bits per heavy atom. The maximum Gasteiger partial charge on any atom is 0.329 e. The summed E-state index contributed by atoms with van der Waals surface area (Å²) in [6.45, 7) is 4.64. The average Bonchev–Trinajstić information content (AvgIpc) is 2.76. The van der Waals surface area contributed by atoms with Crippen molar-refractivity contribution in [3.05, 3.63) is 64.7 Å². The van der Waals surface area contributed by atoms with Crippen LogP contribution in [-0.4, -0.2) is 36.2 Å². The molecular weight excluding hydrogens is 420 g/mol. The molecule has 2 rings (SSSR count). The van der Waals surface area contributed by atoms with Gasteiger partial charge in [-0.05, 0) is 61.4 Å². The van der Waals surface area contributed by atoms with Crippen LogP contribution in [0.4, 0.5) is 5.69 Å². The maximum absolute atomic E-state index is 12.6. The molecule has 0 saturated heterocycles. The first-order valence-corrected chi connectivity index (χ1v) is 10.2. The fourth-order valence-electron chi connectivity index (χ4n) is 2.71. The van der Waals surface area contributed by atoms with E-state index in [0.717, 1.165) is 0 Å². The van der Waals surface area contributed by atoms with Crippen molar-refractivity contribution in [2.75, 3.05) is 11.9 Å². The predicted octanol–water partition coefficient (Wildman–Crippen LogP) is 3.87. The van der Waals surface area contributed by atoms with Gasteiger partial charge >= 0.3 is 5.97 Å². The van der Waals surface area contributed by atoms with Crippen molar-refractivity contribution in [1.29, 1.82) is 0 Å². The first-order valence-electron chi connectivity index (χ1n) is 9.85. The lowest BCUT2D eigenvalue weighted by Gasteiger charge is -2.22. The molecule has 2 atom stereocenters. The summed E-state index contributed by atoms with van der Waals surface area (Å²) in [4.78, 5) is 48.5. The number of amides is 2. The fraction of sp³-hybridized carbons (Fsp3) is 0.304. The van der Waals surface area contributed by atoms with E-state index < -0.39 is 30.4 Å². The number of nitrogens with one attached hydrogen (secondary N) is 2. The van der Waals surface area contributed by atoms with Crippen LogP contribution in [0.5, 0.6) is 0 Å². The van der Waals surface area contributed by atoms with E-state index in [2.05, 4.69) is 10.6 Å². The van der Waals surface area contributed by atoms with Gasteiger partial charge in [0.25, 0.3) is 11.8 Å². The van der Waals surface area contributed by atoms with Crippen LogP contribution in [0.25, 0.3) is 0 Å². The Hall–Kier alpha value is -3.19. The van der Waals surface area contributed by atoms with Gasteiger partial charge in [0.1, 0.15) is 6.04 Å². The van der Waals surface area contributed by atoms with Gasteiger partial charge in [-0.3, -0.25) is 14.4 Å². The molecule has 2 aromatic rings. The van der Waals surface area contributed by atoms with Crippen molar-refractivity contribution >= 4 is 40.9 Å². The Bertz CT molecular complexity index is 941. The third-order valence-electron chi connectivity index (χ3n) is 4.78. The minimum atomic E-state index is -0.907. The largest absolute Gasteiger partial charge is 0.454 e. The Kier molecular flexibility index (Phi) is 8.75. The van der Waals surface area contributed by atoms with Crippen molar-refractivity contribution < 1.29 is 23.9 Å². The van der Waals surface area contributed by atoms with E-state index in [1.165, 1.54) is 6.92 Å². The van der Waals surface area contributed by atoms with Crippen LogP contribution in [0.2, 0.25) is 5.02 Å². The number of anilines is 1. The summed E-state index contributed by atoms with van der Waals surface area (Å²) in [5.74, 6) is -1.95. The number of carbonyl (C=O) groups is 4. The minimum absolute atomic E-state index is 0.0801. The molecule has 0 fully saturated rings. The zero-order valence-corrected chi connectivity index (χ0v) is 18.4. The standard InChI is InChI=1S/C23H25ClN2O5/c1-4-14(2)21(26-22(29)17-5-9-18(24)10-6-17)23(30)31-13-20(28)25-19-11-7-16(8-12-19)15(3)27/h5-12,14,21H,4,13H2,1-3H3,(H,25,28)(H,26,29). The van der Waals surface area contributed by atoms with Crippen LogP contribution in [0.3, 0.4) is 0 Å². The lowest BCUT2D eigenvalue weighted by atomic mass is 9.99. The van der Waals surface area contributed by atoms with E-state index >= 15 is 0 Å². The maximum atomic E-state index is 12.6. The third-order valence-corrected chi connectivity index (χ3v) is 5.03. The Morgan fingerprint density at radius 1 is 0.968 bits per heavy atom. The topological polar surface area (TPSA) is 102 Å². The SMILES string of the molecule is CCC(C)C(NC(=O)c1ccc(Cl)cc1)C(=O)OCC(=O)Nc1ccc(C(C)=O)cc1. The molecule has 0 saturated carbocycles. The Morgan fingerprint density at radius 2 is 1.55 bits per heavy atom. The zero-order valence-electron chi connectivity index (χ0n) is 17.6. The van der Waals surface area contributed by atoms with Crippen LogP contribution in [-0.2, 0) is 14.3 Å². The molecule has 2 amide bonds. The number of halogens is 1. The molecule has 0 spiro atoms. The molecule has 0 aromatic heterocycles.